The number of hydrogen-bond donors (Lipinski definition) is 1. The topological polar surface area (TPSA) is 88.9 Å². The molecule has 2 aromatic rings. The van der Waals surface area contributed by atoms with Crippen LogP contribution >= 0.6 is 0 Å². The number of rotatable bonds is 5. The number of ether oxygens (including phenoxy) is 1. The van der Waals surface area contributed by atoms with Crippen LogP contribution in [0.2, 0.25) is 0 Å². The van der Waals surface area contributed by atoms with Gasteiger partial charge in [-0.15, -0.1) is 0 Å². The van der Waals surface area contributed by atoms with E-state index in [4.69, 9.17) is 4.74 Å². The number of anilines is 1. The van der Waals surface area contributed by atoms with Gasteiger partial charge in [0.2, 0.25) is 0 Å². The summed E-state index contributed by atoms with van der Waals surface area (Å²) in [6.45, 7) is 2.01. The fourth-order valence-electron chi connectivity index (χ4n) is 3.66. The molecule has 2 aliphatic rings. The molecule has 4 rings (SSSR count). The van der Waals surface area contributed by atoms with Gasteiger partial charge in [-0.1, -0.05) is 0 Å². The molecule has 8 heteroatoms. The lowest BCUT2D eigenvalue weighted by Gasteiger charge is -2.16. The number of H-pyrrole nitrogens is 1. The van der Waals surface area contributed by atoms with Crippen LogP contribution in [0.15, 0.2) is 17.2 Å². The minimum Gasteiger partial charge on any atom is -0.377 e. The highest BCUT2D eigenvalue weighted by Crippen LogP contribution is 2.47. The van der Waals surface area contributed by atoms with Crippen molar-refractivity contribution in [2.75, 3.05) is 25.1 Å². The van der Waals surface area contributed by atoms with E-state index in [9.17, 15) is 4.79 Å². The zero-order valence-corrected chi connectivity index (χ0v) is 14.0. The third-order valence-corrected chi connectivity index (χ3v) is 5.05. The van der Waals surface area contributed by atoms with Crippen molar-refractivity contribution in [3.8, 4) is 0 Å². The zero-order chi connectivity index (χ0) is 16.7. The van der Waals surface area contributed by atoms with Gasteiger partial charge in [-0.2, -0.15) is 5.10 Å². The minimum atomic E-state index is -0.0530. The van der Waals surface area contributed by atoms with Gasteiger partial charge in [0.05, 0.1) is 0 Å². The molecule has 2 atom stereocenters. The smallest absolute Gasteiger partial charge is 0.293 e. The summed E-state index contributed by atoms with van der Waals surface area (Å²) in [6, 6.07) is 0. The Morgan fingerprint density at radius 2 is 2.21 bits per heavy atom. The van der Waals surface area contributed by atoms with Crippen molar-refractivity contribution in [1.29, 1.82) is 0 Å². The molecule has 1 saturated carbocycles. The Kier molecular flexibility index (Phi) is 3.84. The monoisotopic (exact) mass is 330 g/mol. The molecule has 1 aliphatic carbocycles. The van der Waals surface area contributed by atoms with Crippen LogP contribution in [0.4, 0.5) is 5.82 Å². The van der Waals surface area contributed by atoms with Crippen LogP contribution < -0.4 is 10.5 Å². The van der Waals surface area contributed by atoms with Gasteiger partial charge in [0, 0.05) is 45.6 Å². The Morgan fingerprint density at radius 1 is 1.38 bits per heavy atom. The first-order valence-electron chi connectivity index (χ1n) is 8.34. The lowest BCUT2D eigenvalue weighted by Crippen LogP contribution is -2.31. The molecule has 0 bridgehead atoms. The van der Waals surface area contributed by atoms with E-state index < -0.39 is 0 Å². The average molecular weight is 330 g/mol. The summed E-state index contributed by atoms with van der Waals surface area (Å²) < 4.78 is 6.69. The first-order chi connectivity index (χ1) is 11.7. The molecule has 0 radical (unpaired) electrons. The molecule has 128 valence electrons. The van der Waals surface area contributed by atoms with E-state index in [1.807, 2.05) is 0 Å². The van der Waals surface area contributed by atoms with E-state index in [-0.39, 0.29) is 11.5 Å². The zero-order valence-electron chi connectivity index (χ0n) is 14.0. The van der Waals surface area contributed by atoms with Crippen LogP contribution in [0.25, 0.3) is 0 Å². The van der Waals surface area contributed by atoms with Crippen molar-refractivity contribution in [3.05, 3.63) is 34.4 Å². The van der Waals surface area contributed by atoms with Gasteiger partial charge in [-0.3, -0.25) is 9.89 Å². The van der Waals surface area contributed by atoms with Crippen molar-refractivity contribution in [1.82, 2.24) is 24.7 Å². The molecule has 1 N–H and O–H groups in total. The standard InChI is InChI=1S/C16H22N6O2/c1-21-6-5-17-15(16(21)23)22-7-11(10-3-4-10)12(8-22)14-18-13(9-24-2)19-20-14/h5-6,10-12H,3-4,7-9H2,1-2H3,(H,18,19,20)/t11-,12+/m1/s1. The highest BCUT2D eigenvalue weighted by atomic mass is 16.5. The Morgan fingerprint density at radius 3 is 2.96 bits per heavy atom. The first-order valence-corrected chi connectivity index (χ1v) is 8.34. The lowest BCUT2D eigenvalue weighted by molar-refractivity contribution is 0.178. The highest BCUT2D eigenvalue weighted by Gasteiger charge is 2.45. The van der Waals surface area contributed by atoms with Crippen molar-refractivity contribution in [2.24, 2.45) is 18.9 Å². The SMILES string of the molecule is COCc1nc([C@H]2CN(c3nccn(C)c3=O)C[C@@H]2C2CC2)n[nH]1. The molecule has 8 nitrogen and oxygen atoms in total. The number of methoxy groups -OCH3 is 1. The fraction of sp³-hybridized carbons (Fsp3) is 0.625. The van der Waals surface area contributed by atoms with Crippen LogP contribution in [-0.2, 0) is 18.4 Å². The molecule has 3 heterocycles. The third-order valence-electron chi connectivity index (χ3n) is 5.05. The summed E-state index contributed by atoms with van der Waals surface area (Å²) in [4.78, 5) is 23.4. The molecule has 2 fully saturated rings. The van der Waals surface area contributed by atoms with Crippen LogP contribution in [0.1, 0.15) is 30.4 Å². The molecule has 0 spiro atoms. The van der Waals surface area contributed by atoms with Crippen LogP contribution in [0, 0.1) is 11.8 Å². The van der Waals surface area contributed by atoms with Gasteiger partial charge in [0.15, 0.2) is 17.5 Å². The number of aryl methyl sites for hydroxylation is 1. The number of hydrogen-bond acceptors (Lipinski definition) is 6. The van der Waals surface area contributed by atoms with E-state index in [2.05, 4.69) is 25.1 Å². The summed E-state index contributed by atoms with van der Waals surface area (Å²) in [6.07, 6.45) is 5.87. The molecule has 1 saturated heterocycles. The molecule has 1 aliphatic heterocycles. The Hall–Kier alpha value is -2.22. The third kappa shape index (κ3) is 2.71. The van der Waals surface area contributed by atoms with Crippen molar-refractivity contribution < 1.29 is 4.74 Å². The van der Waals surface area contributed by atoms with Crippen molar-refractivity contribution in [2.45, 2.75) is 25.4 Å². The average Bonchev–Trinajstić information content (AvgIpc) is 3.15. The minimum absolute atomic E-state index is 0.0530. The van der Waals surface area contributed by atoms with Gasteiger partial charge in [0.25, 0.3) is 5.56 Å². The number of aromatic amines is 1. The number of nitrogens with one attached hydrogen (secondary N) is 1. The van der Waals surface area contributed by atoms with E-state index in [0.29, 0.717) is 24.3 Å². The maximum atomic E-state index is 12.4. The van der Waals surface area contributed by atoms with E-state index >= 15 is 0 Å². The van der Waals surface area contributed by atoms with Gasteiger partial charge in [-0.05, 0) is 24.7 Å². The first kappa shape index (κ1) is 15.3. The van der Waals surface area contributed by atoms with Crippen LogP contribution in [-0.4, -0.2) is 44.9 Å². The Balaban J connectivity index is 1.62. The van der Waals surface area contributed by atoms with Crippen LogP contribution in [0.5, 0.6) is 0 Å². The molecule has 24 heavy (non-hydrogen) atoms. The maximum absolute atomic E-state index is 12.4. The van der Waals surface area contributed by atoms with Gasteiger partial charge in [-0.25, -0.2) is 9.97 Å². The molecule has 0 amide bonds. The van der Waals surface area contributed by atoms with Gasteiger partial charge < -0.3 is 14.2 Å². The lowest BCUT2D eigenvalue weighted by atomic mass is 9.91. The van der Waals surface area contributed by atoms with E-state index in [1.54, 1.807) is 31.1 Å². The quantitative estimate of drug-likeness (QED) is 0.867. The Bertz CT molecular complexity index is 781. The summed E-state index contributed by atoms with van der Waals surface area (Å²) in [7, 11) is 3.40. The molecular weight excluding hydrogens is 308 g/mol. The normalized spacial score (nSPS) is 23.8. The molecular formula is C16H22N6O2. The molecule has 2 aromatic heterocycles. The predicted molar refractivity (Wildman–Crippen MR) is 87.7 cm³/mol. The van der Waals surface area contributed by atoms with Gasteiger partial charge in [0.1, 0.15) is 6.61 Å². The summed E-state index contributed by atoms with van der Waals surface area (Å²) >= 11 is 0. The van der Waals surface area contributed by atoms with Gasteiger partial charge >= 0.3 is 0 Å². The molecule has 0 unspecified atom stereocenters. The second kappa shape index (κ2) is 6.01. The fourth-order valence-corrected chi connectivity index (χ4v) is 3.66. The Labute approximate surface area is 139 Å². The largest absolute Gasteiger partial charge is 0.377 e. The number of aromatic nitrogens is 5. The second-order valence-corrected chi connectivity index (χ2v) is 6.75. The maximum Gasteiger partial charge on any atom is 0.293 e. The van der Waals surface area contributed by atoms with E-state index in [0.717, 1.165) is 24.7 Å². The number of nitrogens with zero attached hydrogens (tertiary/aromatic N) is 5. The van der Waals surface area contributed by atoms with E-state index in [1.165, 1.54) is 12.8 Å². The summed E-state index contributed by atoms with van der Waals surface area (Å²) in [5, 5.41) is 7.35. The van der Waals surface area contributed by atoms with Crippen molar-refractivity contribution in [3.63, 3.8) is 0 Å². The molecule has 0 aromatic carbocycles. The van der Waals surface area contributed by atoms with Crippen molar-refractivity contribution >= 4 is 5.82 Å². The summed E-state index contributed by atoms with van der Waals surface area (Å²) in [5.74, 6) is 3.51. The van der Waals surface area contributed by atoms with Crippen LogP contribution in [0.3, 0.4) is 0 Å². The predicted octanol–water partition coefficient (Wildman–Crippen LogP) is 0.675. The summed E-state index contributed by atoms with van der Waals surface area (Å²) in [5.41, 5.74) is -0.0530. The highest BCUT2D eigenvalue weighted by molar-refractivity contribution is 5.39. The second-order valence-electron chi connectivity index (χ2n) is 6.75.